The van der Waals surface area contributed by atoms with Gasteiger partial charge in [0.15, 0.2) is 5.82 Å². The van der Waals surface area contributed by atoms with Crippen molar-refractivity contribution in [3.8, 4) is 0 Å². The van der Waals surface area contributed by atoms with Gasteiger partial charge in [0, 0.05) is 30.5 Å². The average molecular weight is 664 g/mol. The number of amides is 3. The molecule has 1 aromatic heterocycles. The lowest BCUT2D eigenvalue weighted by Gasteiger charge is -2.36. The van der Waals surface area contributed by atoms with Gasteiger partial charge in [0.1, 0.15) is 6.04 Å². The fraction of sp³-hybridized carbons (Fsp3) is 0.645. The molecule has 3 N–H and O–H groups in total. The molecule has 0 radical (unpaired) electrons. The number of halogens is 3. The van der Waals surface area contributed by atoms with Gasteiger partial charge in [0.25, 0.3) is 5.91 Å². The third kappa shape index (κ3) is 7.97. The first-order chi connectivity index (χ1) is 22.2. The van der Waals surface area contributed by atoms with Crippen LogP contribution in [0, 0.1) is 5.41 Å². The third-order valence-electron chi connectivity index (χ3n) is 9.31. The Kier molecular flexibility index (Phi) is 10.3. The summed E-state index contributed by atoms with van der Waals surface area (Å²) in [4.78, 5) is 47.6. The van der Waals surface area contributed by atoms with Crippen LogP contribution >= 0.6 is 0 Å². The number of benzene rings is 1. The predicted octanol–water partition coefficient (Wildman–Crippen LogP) is 3.61. The Morgan fingerprint density at radius 3 is 2.43 bits per heavy atom. The Morgan fingerprint density at radius 2 is 1.81 bits per heavy atom. The lowest BCUT2D eigenvalue weighted by Crippen LogP contribution is -2.52. The van der Waals surface area contributed by atoms with Crippen LogP contribution in [0.25, 0.3) is 0 Å². The van der Waals surface area contributed by atoms with E-state index in [-0.39, 0.29) is 29.7 Å². The summed E-state index contributed by atoms with van der Waals surface area (Å²) < 4.78 is 40.1. The van der Waals surface area contributed by atoms with Gasteiger partial charge in [0.05, 0.1) is 24.8 Å². The highest BCUT2D eigenvalue weighted by atomic mass is 19.4. The van der Waals surface area contributed by atoms with Crippen LogP contribution < -0.4 is 10.6 Å². The van der Waals surface area contributed by atoms with Gasteiger partial charge >= 0.3 is 12.1 Å². The summed E-state index contributed by atoms with van der Waals surface area (Å²) in [6.07, 6.45) is 3.92. The SMILES string of the molecule is CC(C)(COC1CCCC1)C(NCc1ccc2c(c1)CN(C1CCC(=O)NC1=O)C2=O)c1nnnn1C1CCC1.O=C(O)C(F)(F)F. The molecule has 2 aliphatic carbocycles. The molecule has 256 valence electrons. The van der Waals surface area contributed by atoms with E-state index in [1.807, 2.05) is 22.9 Å². The number of fused-ring (bicyclic) bond motifs is 1. The normalized spacial score (nSPS) is 21.2. The average Bonchev–Trinajstić information content (AvgIpc) is 3.73. The Bertz CT molecular complexity index is 1490. The molecule has 2 unspecified atom stereocenters. The van der Waals surface area contributed by atoms with Crippen LogP contribution in [0.15, 0.2) is 18.2 Å². The van der Waals surface area contributed by atoms with Gasteiger partial charge in [0.2, 0.25) is 11.8 Å². The second-order valence-electron chi connectivity index (χ2n) is 13.3. The molecule has 2 atom stereocenters. The number of nitrogens with one attached hydrogen (secondary N) is 2. The number of carbonyl (C=O) groups is 4. The van der Waals surface area contributed by atoms with E-state index < -0.39 is 24.1 Å². The number of carboxylic acid groups (broad SMARTS) is 1. The molecule has 16 heteroatoms. The molecule has 2 saturated carbocycles. The zero-order valence-corrected chi connectivity index (χ0v) is 26.4. The van der Waals surface area contributed by atoms with Crippen molar-refractivity contribution in [3.63, 3.8) is 0 Å². The number of hydrogen-bond acceptors (Lipinski definition) is 9. The van der Waals surface area contributed by atoms with Crippen LogP contribution in [-0.2, 0) is 32.2 Å². The Balaban J connectivity index is 0.000000559. The molecule has 1 saturated heterocycles. The fourth-order valence-electron chi connectivity index (χ4n) is 6.43. The summed E-state index contributed by atoms with van der Waals surface area (Å²) in [7, 11) is 0. The number of tetrazole rings is 1. The molecule has 3 amide bonds. The van der Waals surface area contributed by atoms with E-state index in [0.29, 0.717) is 43.8 Å². The highest BCUT2D eigenvalue weighted by molar-refractivity contribution is 6.05. The molecule has 1 aromatic carbocycles. The molecular formula is C31H40F3N7O6. The van der Waals surface area contributed by atoms with Crippen molar-refractivity contribution < 1.29 is 42.2 Å². The van der Waals surface area contributed by atoms with Crippen molar-refractivity contribution in [2.24, 2.45) is 5.41 Å². The number of hydrogen-bond donors (Lipinski definition) is 3. The number of aliphatic carboxylic acids is 1. The topological polar surface area (TPSA) is 169 Å². The summed E-state index contributed by atoms with van der Waals surface area (Å²) in [6.45, 7) is 5.94. The lowest BCUT2D eigenvalue weighted by atomic mass is 9.83. The van der Waals surface area contributed by atoms with Crippen molar-refractivity contribution in [1.29, 1.82) is 0 Å². The second-order valence-corrected chi connectivity index (χ2v) is 13.3. The monoisotopic (exact) mass is 663 g/mol. The van der Waals surface area contributed by atoms with Crippen LogP contribution in [0.5, 0.6) is 0 Å². The van der Waals surface area contributed by atoms with Crippen molar-refractivity contribution >= 4 is 23.7 Å². The summed E-state index contributed by atoms with van der Waals surface area (Å²) >= 11 is 0. The van der Waals surface area contributed by atoms with E-state index in [1.165, 1.54) is 19.3 Å². The molecule has 2 aliphatic heterocycles. The number of ether oxygens (including phenoxy) is 1. The van der Waals surface area contributed by atoms with E-state index in [4.69, 9.17) is 14.6 Å². The standard InChI is InChI=1S/C29H39N7O4.C2HF3O2/c1-29(2,17-40-21-8-3-4-9-21)25(26-32-33-34-36(26)20-6-5-7-20)30-15-18-10-11-22-19(14-18)16-35(28(22)39)23-12-13-24(37)31-27(23)38;3-2(4,5)1(6)7/h10-11,14,20-21,23,25,30H,3-9,12-13,15-17H2,1-2H3,(H,31,37,38);(H,6,7). The maximum absolute atomic E-state index is 13.1. The number of carbonyl (C=O) groups excluding carboxylic acids is 3. The van der Waals surface area contributed by atoms with Crippen molar-refractivity contribution in [1.82, 2.24) is 35.7 Å². The van der Waals surface area contributed by atoms with E-state index in [2.05, 4.69) is 40.0 Å². The van der Waals surface area contributed by atoms with Crippen LogP contribution in [-0.4, -0.2) is 78.8 Å². The highest BCUT2D eigenvalue weighted by Gasteiger charge is 2.41. The molecule has 6 rings (SSSR count). The first kappa shape index (κ1) is 34.4. The first-order valence-corrected chi connectivity index (χ1v) is 15.9. The number of carboxylic acids is 1. The summed E-state index contributed by atoms with van der Waals surface area (Å²) in [5, 5.41) is 26.1. The molecule has 2 aromatic rings. The van der Waals surface area contributed by atoms with Gasteiger partial charge < -0.3 is 20.1 Å². The summed E-state index contributed by atoms with van der Waals surface area (Å²) in [6, 6.07) is 5.44. The van der Waals surface area contributed by atoms with Crippen LogP contribution in [0.4, 0.5) is 13.2 Å². The van der Waals surface area contributed by atoms with Gasteiger partial charge in [-0.1, -0.05) is 38.8 Å². The Morgan fingerprint density at radius 1 is 1.11 bits per heavy atom. The van der Waals surface area contributed by atoms with E-state index in [1.54, 1.807) is 4.90 Å². The zero-order chi connectivity index (χ0) is 33.9. The molecule has 3 fully saturated rings. The number of rotatable bonds is 10. The van der Waals surface area contributed by atoms with E-state index in [0.717, 1.165) is 42.6 Å². The lowest BCUT2D eigenvalue weighted by molar-refractivity contribution is -0.192. The van der Waals surface area contributed by atoms with Gasteiger partial charge in [-0.05, 0) is 66.1 Å². The molecule has 0 bridgehead atoms. The Labute approximate surface area is 269 Å². The van der Waals surface area contributed by atoms with Crippen molar-refractivity contribution in [2.45, 2.75) is 115 Å². The second kappa shape index (κ2) is 14.1. The van der Waals surface area contributed by atoms with Crippen molar-refractivity contribution in [2.75, 3.05) is 6.61 Å². The number of alkyl halides is 3. The van der Waals surface area contributed by atoms with Crippen molar-refractivity contribution in [3.05, 3.63) is 40.7 Å². The number of piperidine rings is 1. The molecule has 3 heterocycles. The largest absolute Gasteiger partial charge is 0.490 e. The molecular weight excluding hydrogens is 623 g/mol. The van der Waals surface area contributed by atoms with Crippen LogP contribution in [0.3, 0.4) is 0 Å². The zero-order valence-electron chi connectivity index (χ0n) is 26.4. The molecule has 4 aliphatic rings. The molecule has 13 nitrogen and oxygen atoms in total. The van der Waals surface area contributed by atoms with Gasteiger partial charge in [-0.25, -0.2) is 9.48 Å². The first-order valence-electron chi connectivity index (χ1n) is 15.9. The molecule has 0 spiro atoms. The van der Waals surface area contributed by atoms with Gasteiger partial charge in [-0.2, -0.15) is 13.2 Å². The van der Waals surface area contributed by atoms with Gasteiger partial charge in [-0.3, -0.25) is 19.7 Å². The Hall–Kier alpha value is -3.92. The van der Waals surface area contributed by atoms with Gasteiger partial charge in [-0.15, -0.1) is 5.10 Å². The van der Waals surface area contributed by atoms with E-state index in [9.17, 15) is 27.6 Å². The summed E-state index contributed by atoms with van der Waals surface area (Å²) in [5.41, 5.74) is 2.28. The third-order valence-corrected chi connectivity index (χ3v) is 9.31. The fourth-order valence-corrected chi connectivity index (χ4v) is 6.43. The number of aromatic nitrogens is 4. The smallest absolute Gasteiger partial charge is 0.475 e. The minimum absolute atomic E-state index is 0.139. The minimum atomic E-state index is -5.08. The minimum Gasteiger partial charge on any atom is -0.475 e. The quantitative estimate of drug-likeness (QED) is 0.320. The maximum Gasteiger partial charge on any atom is 0.490 e. The van der Waals surface area contributed by atoms with Crippen LogP contribution in [0.1, 0.15) is 111 Å². The molecule has 47 heavy (non-hydrogen) atoms. The van der Waals surface area contributed by atoms with E-state index >= 15 is 0 Å². The maximum atomic E-state index is 13.1. The van der Waals surface area contributed by atoms with Crippen LogP contribution in [0.2, 0.25) is 0 Å². The highest BCUT2D eigenvalue weighted by Crippen LogP contribution is 2.39. The summed E-state index contributed by atoms with van der Waals surface area (Å²) in [5.74, 6) is -2.76. The predicted molar refractivity (Wildman–Crippen MR) is 158 cm³/mol. The number of imide groups is 1. The number of nitrogens with zero attached hydrogens (tertiary/aromatic N) is 5.